The van der Waals surface area contributed by atoms with Crippen LogP contribution in [0.1, 0.15) is 30.5 Å². The highest BCUT2D eigenvalue weighted by atomic mass is 16.5. The lowest BCUT2D eigenvalue weighted by atomic mass is 10.1. The molecule has 0 spiro atoms. The summed E-state index contributed by atoms with van der Waals surface area (Å²) in [5, 5.41) is 0.315. The molecule has 0 N–H and O–H groups in total. The molecular weight excluding hydrogens is 472 g/mol. The molecule has 37 heavy (non-hydrogen) atoms. The van der Waals surface area contributed by atoms with Crippen LogP contribution >= 0.6 is 0 Å². The molecule has 0 amide bonds. The third-order valence-electron chi connectivity index (χ3n) is 5.34. The molecule has 7 heteroatoms. The van der Waals surface area contributed by atoms with Gasteiger partial charge in [-0.2, -0.15) is 0 Å². The summed E-state index contributed by atoms with van der Waals surface area (Å²) >= 11 is 0. The molecule has 4 aromatic rings. The van der Waals surface area contributed by atoms with E-state index >= 15 is 0 Å². The van der Waals surface area contributed by atoms with Gasteiger partial charge in [-0.15, -0.1) is 0 Å². The van der Waals surface area contributed by atoms with Gasteiger partial charge < -0.3 is 23.4 Å². The van der Waals surface area contributed by atoms with E-state index in [1.54, 1.807) is 24.3 Å². The molecule has 0 unspecified atom stereocenters. The second-order valence-corrected chi connectivity index (χ2v) is 8.34. The van der Waals surface area contributed by atoms with Crippen molar-refractivity contribution in [1.29, 1.82) is 0 Å². The Bertz CT molecular complexity index is 1490. The maximum absolute atomic E-state index is 12.9. The lowest BCUT2D eigenvalue weighted by Crippen LogP contribution is -2.06. The standard InChI is InChI=1S/C30H28O7/c1-5-33-25-11-7-21(16-27(25)34-6-2)8-12-29(31)37-22-9-10-24-26(17-22)35-18-28(30(24)32)36-23-14-19(3)13-20(4)15-23/h7-18H,5-6H2,1-4H3/b12-8+. The minimum atomic E-state index is -0.580. The van der Waals surface area contributed by atoms with E-state index < -0.39 is 5.97 Å². The molecule has 190 valence electrons. The molecule has 4 rings (SSSR count). The first-order chi connectivity index (χ1) is 17.9. The largest absolute Gasteiger partial charge is 0.490 e. The summed E-state index contributed by atoms with van der Waals surface area (Å²) in [5.41, 5.74) is 2.76. The predicted octanol–water partition coefficient (Wildman–Crippen LogP) is 6.62. The second-order valence-electron chi connectivity index (χ2n) is 8.34. The van der Waals surface area contributed by atoms with Gasteiger partial charge in [-0.25, -0.2) is 4.79 Å². The van der Waals surface area contributed by atoms with E-state index in [-0.39, 0.29) is 22.5 Å². The average molecular weight is 501 g/mol. The van der Waals surface area contributed by atoms with E-state index in [1.165, 1.54) is 24.5 Å². The number of carbonyl (C=O) groups excluding carboxylic acids is 1. The fourth-order valence-corrected chi connectivity index (χ4v) is 3.83. The van der Waals surface area contributed by atoms with Gasteiger partial charge in [0.15, 0.2) is 11.5 Å². The molecule has 1 heterocycles. The van der Waals surface area contributed by atoms with Gasteiger partial charge in [0.05, 0.1) is 18.6 Å². The van der Waals surface area contributed by atoms with Gasteiger partial charge in [0, 0.05) is 12.1 Å². The van der Waals surface area contributed by atoms with Crippen LogP contribution in [0.15, 0.2) is 76.1 Å². The van der Waals surface area contributed by atoms with Crippen molar-refractivity contribution in [3.05, 3.63) is 93.9 Å². The summed E-state index contributed by atoms with van der Waals surface area (Å²) in [7, 11) is 0. The van der Waals surface area contributed by atoms with Crippen molar-refractivity contribution in [2.45, 2.75) is 27.7 Å². The number of rotatable bonds is 9. The number of hydrogen-bond donors (Lipinski definition) is 0. The molecular formula is C30H28O7. The first-order valence-corrected chi connectivity index (χ1v) is 12.0. The highest BCUT2D eigenvalue weighted by Gasteiger charge is 2.12. The number of benzene rings is 3. The predicted molar refractivity (Wildman–Crippen MR) is 142 cm³/mol. The Labute approximate surface area is 214 Å². The minimum Gasteiger partial charge on any atom is -0.490 e. The van der Waals surface area contributed by atoms with Crippen LogP contribution in [0.5, 0.6) is 28.7 Å². The summed E-state index contributed by atoms with van der Waals surface area (Å²) in [6.07, 6.45) is 4.20. The zero-order valence-corrected chi connectivity index (χ0v) is 21.2. The van der Waals surface area contributed by atoms with Gasteiger partial charge in [0.1, 0.15) is 23.3 Å². The monoisotopic (exact) mass is 500 g/mol. The lowest BCUT2D eigenvalue weighted by Gasteiger charge is -2.11. The normalized spacial score (nSPS) is 11.0. The lowest BCUT2D eigenvalue weighted by molar-refractivity contribution is -0.128. The van der Waals surface area contributed by atoms with Crippen LogP contribution in [0, 0.1) is 13.8 Å². The number of carbonyl (C=O) groups is 1. The zero-order valence-electron chi connectivity index (χ0n) is 21.2. The number of hydrogen-bond acceptors (Lipinski definition) is 7. The zero-order chi connectivity index (χ0) is 26.4. The Morgan fingerprint density at radius 1 is 0.838 bits per heavy atom. The fraction of sp³-hybridized carbons (Fsp3) is 0.200. The molecule has 0 bridgehead atoms. The maximum Gasteiger partial charge on any atom is 0.336 e. The highest BCUT2D eigenvalue weighted by Crippen LogP contribution is 2.29. The number of aryl methyl sites for hydroxylation is 2. The average Bonchev–Trinajstić information content (AvgIpc) is 2.85. The Morgan fingerprint density at radius 3 is 2.30 bits per heavy atom. The summed E-state index contributed by atoms with van der Waals surface area (Å²) in [4.78, 5) is 25.3. The van der Waals surface area contributed by atoms with Crippen molar-refractivity contribution in [2.24, 2.45) is 0 Å². The third kappa shape index (κ3) is 6.38. The number of esters is 1. The highest BCUT2D eigenvalue weighted by molar-refractivity contribution is 5.89. The summed E-state index contributed by atoms with van der Waals surface area (Å²) < 4.78 is 28.0. The van der Waals surface area contributed by atoms with Crippen molar-refractivity contribution in [2.75, 3.05) is 13.2 Å². The topological polar surface area (TPSA) is 84.2 Å². The van der Waals surface area contributed by atoms with Gasteiger partial charge in [0.2, 0.25) is 11.2 Å². The minimum absolute atomic E-state index is 0.0759. The van der Waals surface area contributed by atoms with Gasteiger partial charge in [-0.05, 0) is 86.9 Å². The second kappa shape index (κ2) is 11.5. The smallest absolute Gasteiger partial charge is 0.336 e. The molecule has 0 aliphatic heterocycles. The van der Waals surface area contributed by atoms with Crippen LogP contribution in [0.25, 0.3) is 17.0 Å². The Morgan fingerprint density at radius 2 is 1.57 bits per heavy atom. The van der Waals surface area contributed by atoms with E-state index in [1.807, 2.05) is 52.0 Å². The number of ether oxygens (including phenoxy) is 4. The molecule has 0 fully saturated rings. The van der Waals surface area contributed by atoms with E-state index in [0.29, 0.717) is 35.8 Å². The van der Waals surface area contributed by atoms with E-state index in [9.17, 15) is 9.59 Å². The van der Waals surface area contributed by atoms with Gasteiger partial charge in [-0.1, -0.05) is 12.1 Å². The molecule has 0 saturated heterocycles. The molecule has 0 radical (unpaired) electrons. The summed E-state index contributed by atoms with van der Waals surface area (Å²) in [6.45, 7) is 8.71. The van der Waals surface area contributed by atoms with Crippen LogP contribution in [0.3, 0.4) is 0 Å². The number of fused-ring (bicyclic) bond motifs is 1. The van der Waals surface area contributed by atoms with E-state index in [2.05, 4.69) is 0 Å². The van der Waals surface area contributed by atoms with Crippen molar-refractivity contribution >= 4 is 23.0 Å². The maximum atomic E-state index is 12.9. The van der Waals surface area contributed by atoms with Crippen LogP contribution in [-0.4, -0.2) is 19.2 Å². The van der Waals surface area contributed by atoms with Gasteiger partial charge in [-0.3, -0.25) is 4.79 Å². The Hall–Kier alpha value is -4.52. The van der Waals surface area contributed by atoms with E-state index in [4.69, 9.17) is 23.4 Å². The first-order valence-electron chi connectivity index (χ1n) is 12.0. The molecule has 3 aromatic carbocycles. The van der Waals surface area contributed by atoms with Crippen LogP contribution in [0.2, 0.25) is 0 Å². The Kier molecular flexibility index (Phi) is 7.93. The molecule has 7 nitrogen and oxygen atoms in total. The molecule has 0 aliphatic rings. The van der Waals surface area contributed by atoms with Crippen LogP contribution in [0.4, 0.5) is 0 Å². The van der Waals surface area contributed by atoms with E-state index in [0.717, 1.165) is 16.7 Å². The summed E-state index contributed by atoms with van der Waals surface area (Å²) in [5.74, 6) is 1.54. The van der Waals surface area contributed by atoms with Crippen molar-refractivity contribution in [3.8, 4) is 28.7 Å². The van der Waals surface area contributed by atoms with Crippen molar-refractivity contribution < 1.29 is 28.2 Å². The van der Waals surface area contributed by atoms with Crippen LogP contribution in [-0.2, 0) is 4.79 Å². The van der Waals surface area contributed by atoms with Gasteiger partial charge >= 0.3 is 5.97 Å². The molecule has 0 aliphatic carbocycles. The molecule has 1 aromatic heterocycles. The quantitative estimate of drug-likeness (QED) is 0.145. The summed E-state index contributed by atoms with van der Waals surface area (Å²) in [6, 6.07) is 15.7. The van der Waals surface area contributed by atoms with Crippen LogP contribution < -0.4 is 24.4 Å². The van der Waals surface area contributed by atoms with Crippen molar-refractivity contribution in [1.82, 2.24) is 0 Å². The molecule has 0 atom stereocenters. The van der Waals surface area contributed by atoms with Crippen molar-refractivity contribution in [3.63, 3.8) is 0 Å². The first kappa shape index (κ1) is 25.6. The Balaban J connectivity index is 1.48. The van der Waals surface area contributed by atoms with Gasteiger partial charge in [0.25, 0.3) is 0 Å². The molecule has 0 saturated carbocycles. The fourth-order valence-electron chi connectivity index (χ4n) is 3.83. The SMILES string of the molecule is CCOc1ccc(/C=C/C(=O)Oc2ccc3c(=O)c(Oc4cc(C)cc(C)c4)coc3c2)cc1OCC. The third-order valence-corrected chi connectivity index (χ3v) is 5.34.